The third kappa shape index (κ3) is 9.53. The molecule has 0 heterocycles. The van der Waals surface area contributed by atoms with Crippen molar-refractivity contribution in [2.75, 3.05) is 12.3 Å². The lowest BCUT2D eigenvalue weighted by atomic mass is 10.2. The van der Waals surface area contributed by atoms with Crippen molar-refractivity contribution in [3.8, 4) is 0 Å². The summed E-state index contributed by atoms with van der Waals surface area (Å²) in [6.07, 6.45) is 1.62. The Balaban J connectivity index is 3.41. The maximum Gasteiger partial charge on any atom is 0.407 e. The zero-order chi connectivity index (χ0) is 10.3. The number of carbonyl (C=O) groups is 1. The van der Waals surface area contributed by atoms with Crippen molar-refractivity contribution in [2.45, 2.75) is 39.2 Å². The Morgan fingerprint density at radius 3 is 2.46 bits per heavy atom. The van der Waals surface area contributed by atoms with Crippen LogP contribution in [0.3, 0.4) is 0 Å². The Labute approximate surface area is 85.6 Å². The van der Waals surface area contributed by atoms with Gasteiger partial charge < -0.3 is 10.1 Å². The Hall–Kier alpha value is -0.380. The second kappa shape index (κ2) is 6.13. The Kier molecular flexibility index (Phi) is 5.95. The van der Waals surface area contributed by atoms with Gasteiger partial charge in [0.15, 0.2) is 0 Å². The van der Waals surface area contributed by atoms with Gasteiger partial charge in [-0.15, -0.1) is 0 Å². The summed E-state index contributed by atoms with van der Waals surface area (Å²) < 4.78 is 5.05. The lowest BCUT2D eigenvalue weighted by molar-refractivity contribution is 0.0527. The number of unbranched alkanes of at least 4 members (excludes halogenated alkanes) is 1. The monoisotopic (exact) mass is 205 g/mol. The van der Waals surface area contributed by atoms with Crippen molar-refractivity contribution in [3.63, 3.8) is 0 Å². The van der Waals surface area contributed by atoms with Crippen LogP contribution in [-0.2, 0) is 4.74 Å². The molecule has 3 nitrogen and oxygen atoms in total. The molecule has 13 heavy (non-hydrogen) atoms. The Morgan fingerprint density at radius 1 is 1.38 bits per heavy atom. The van der Waals surface area contributed by atoms with E-state index in [4.69, 9.17) is 4.74 Å². The van der Waals surface area contributed by atoms with Gasteiger partial charge in [0.25, 0.3) is 0 Å². The summed E-state index contributed by atoms with van der Waals surface area (Å²) in [7, 11) is 0. The van der Waals surface area contributed by atoms with Crippen LogP contribution in [0.15, 0.2) is 0 Å². The number of ether oxygens (including phenoxy) is 1. The molecule has 0 aliphatic rings. The number of nitrogens with one attached hydrogen (secondary N) is 1. The van der Waals surface area contributed by atoms with Gasteiger partial charge in [0.2, 0.25) is 0 Å². The number of hydrogen-bond donors (Lipinski definition) is 2. The highest BCUT2D eigenvalue weighted by Crippen LogP contribution is 2.06. The quantitative estimate of drug-likeness (QED) is 0.545. The van der Waals surface area contributed by atoms with Crippen LogP contribution >= 0.6 is 12.6 Å². The zero-order valence-corrected chi connectivity index (χ0v) is 9.49. The van der Waals surface area contributed by atoms with E-state index in [2.05, 4.69) is 17.9 Å². The van der Waals surface area contributed by atoms with E-state index < -0.39 is 5.60 Å². The van der Waals surface area contributed by atoms with Gasteiger partial charge in [-0.3, -0.25) is 0 Å². The van der Waals surface area contributed by atoms with Crippen LogP contribution in [0, 0.1) is 0 Å². The second-order valence-corrected chi connectivity index (χ2v) is 4.31. The standard InChI is InChI=1S/C9H19NO2S/c1-9(2,3)12-8(11)10-6-4-5-7-13/h13H,4-7H2,1-3H3,(H,10,11). The summed E-state index contributed by atoms with van der Waals surface area (Å²) in [4.78, 5) is 11.1. The molecule has 0 rings (SSSR count). The molecule has 0 atom stereocenters. The summed E-state index contributed by atoms with van der Waals surface area (Å²) in [5.74, 6) is 0.857. The maximum atomic E-state index is 11.1. The molecule has 0 aromatic heterocycles. The first-order valence-corrected chi connectivity index (χ1v) is 5.16. The molecule has 1 amide bonds. The highest BCUT2D eigenvalue weighted by atomic mass is 32.1. The molecule has 0 aliphatic carbocycles. The molecule has 78 valence electrons. The Bertz CT molecular complexity index is 154. The van der Waals surface area contributed by atoms with Crippen molar-refractivity contribution < 1.29 is 9.53 Å². The molecular formula is C9H19NO2S. The van der Waals surface area contributed by atoms with Crippen LogP contribution in [0.5, 0.6) is 0 Å². The van der Waals surface area contributed by atoms with E-state index >= 15 is 0 Å². The summed E-state index contributed by atoms with van der Waals surface area (Å²) in [6, 6.07) is 0. The SMILES string of the molecule is CC(C)(C)OC(=O)NCCCCS. The van der Waals surface area contributed by atoms with Gasteiger partial charge in [-0.05, 0) is 39.4 Å². The molecule has 0 fully saturated rings. The smallest absolute Gasteiger partial charge is 0.407 e. The normalized spacial score (nSPS) is 11.1. The molecule has 0 saturated heterocycles. The van der Waals surface area contributed by atoms with Gasteiger partial charge in [-0.25, -0.2) is 4.79 Å². The molecule has 4 heteroatoms. The fraction of sp³-hybridized carbons (Fsp3) is 0.889. The lowest BCUT2D eigenvalue weighted by Crippen LogP contribution is -2.33. The number of amides is 1. The summed E-state index contributed by atoms with van der Waals surface area (Å²) in [5.41, 5.74) is -0.409. The molecule has 0 aromatic rings. The summed E-state index contributed by atoms with van der Waals surface area (Å²) in [6.45, 7) is 6.20. The number of hydrogen-bond acceptors (Lipinski definition) is 3. The largest absolute Gasteiger partial charge is 0.444 e. The predicted molar refractivity (Wildman–Crippen MR) is 57.3 cm³/mol. The van der Waals surface area contributed by atoms with Crippen molar-refractivity contribution in [1.82, 2.24) is 5.32 Å². The molecular weight excluding hydrogens is 186 g/mol. The molecule has 0 spiro atoms. The van der Waals surface area contributed by atoms with Crippen LogP contribution in [-0.4, -0.2) is 24.0 Å². The van der Waals surface area contributed by atoms with Crippen LogP contribution in [0.4, 0.5) is 4.79 Å². The maximum absolute atomic E-state index is 11.1. The molecule has 0 radical (unpaired) electrons. The number of carbonyl (C=O) groups excluding carboxylic acids is 1. The molecule has 0 bridgehead atoms. The lowest BCUT2D eigenvalue weighted by Gasteiger charge is -2.19. The van der Waals surface area contributed by atoms with Gasteiger partial charge >= 0.3 is 6.09 Å². The number of alkyl carbamates (subject to hydrolysis) is 1. The van der Waals surface area contributed by atoms with E-state index in [1.165, 1.54) is 0 Å². The minimum atomic E-state index is -0.409. The van der Waals surface area contributed by atoms with Crippen molar-refractivity contribution in [3.05, 3.63) is 0 Å². The van der Waals surface area contributed by atoms with E-state index in [0.29, 0.717) is 6.54 Å². The minimum Gasteiger partial charge on any atom is -0.444 e. The molecule has 0 aliphatic heterocycles. The average Bonchev–Trinajstić information content (AvgIpc) is 1.94. The van der Waals surface area contributed by atoms with Gasteiger partial charge in [0.1, 0.15) is 5.60 Å². The first kappa shape index (κ1) is 12.6. The fourth-order valence-electron chi connectivity index (χ4n) is 0.741. The highest BCUT2D eigenvalue weighted by molar-refractivity contribution is 7.80. The summed E-state index contributed by atoms with van der Waals surface area (Å²) >= 11 is 4.07. The highest BCUT2D eigenvalue weighted by Gasteiger charge is 2.15. The van der Waals surface area contributed by atoms with E-state index in [1.54, 1.807) is 0 Å². The Morgan fingerprint density at radius 2 is 2.00 bits per heavy atom. The van der Waals surface area contributed by atoms with Crippen molar-refractivity contribution >= 4 is 18.7 Å². The first-order valence-electron chi connectivity index (χ1n) is 4.53. The molecule has 0 unspecified atom stereocenters. The van der Waals surface area contributed by atoms with Crippen LogP contribution in [0.2, 0.25) is 0 Å². The average molecular weight is 205 g/mol. The van der Waals surface area contributed by atoms with E-state index in [-0.39, 0.29) is 6.09 Å². The third-order valence-corrected chi connectivity index (χ3v) is 1.57. The number of rotatable bonds is 4. The van der Waals surface area contributed by atoms with Gasteiger partial charge in [-0.1, -0.05) is 0 Å². The number of thiol groups is 1. The minimum absolute atomic E-state index is 0.341. The summed E-state index contributed by atoms with van der Waals surface area (Å²) in [5, 5.41) is 2.68. The second-order valence-electron chi connectivity index (χ2n) is 3.86. The molecule has 1 N–H and O–H groups in total. The van der Waals surface area contributed by atoms with Crippen LogP contribution in [0.1, 0.15) is 33.6 Å². The van der Waals surface area contributed by atoms with E-state index in [9.17, 15) is 4.79 Å². The van der Waals surface area contributed by atoms with Gasteiger partial charge in [-0.2, -0.15) is 12.6 Å². The van der Waals surface area contributed by atoms with Gasteiger partial charge in [0, 0.05) is 6.54 Å². The van der Waals surface area contributed by atoms with E-state index in [0.717, 1.165) is 18.6 Å². The predicted octanol–water partition coefficient (Wildman–Crippen LogP) is 2.22. The molecule has 0 saturated carbocycles. The topological polar surface area (TPSA) is 38.3 Å². The molecule has 0 aromatic carbocycles. The third-order valence-electron chi connectivity index (χ3n) is 1.25. The van der Waals surface area contributed by atoms with Crippen molar-refractivity contribution in [1.29, 1.82) is 0 Å². The fourth-order valence-corrected chi connectivity index (χ4v) is 0.965. The van der Waals surface area contributed by atoms with Crippen LogP contribution < -0.4 is 5.32 Å². The van der Waals surface area contributed by atoms with Gasteiger partial charge in [0.05, 0.1) is 0 Å². The van der Waals surface area contributed by atoms with Crippen molar-refractivity contribution in [2.24, 2.45) is 0 Å². The van der Waals surface area contributed by atoms with E-state index in [1.807, 2.05) is 20.8 Å². The van der Waals surface area contributed by atoms with Crippen LogP contribution in [0.25, 0.3) is 0 Å². The first-order chi connectivity index (χ1) is 5.95. The zero-order valence-electron chi connectivity index (χ0n) is 8.59.